The minimum atomic E-state index is -2.16. The van der Waals surface area contributed by atoms with Gasteiger partial charge in [0.05, 0.1) is 0 Å². The number of carbonyl (C=O) groups is 1. The van der Waals surface area contributed by atoms with E-state index in [1.54, 1.807) is 0 Å². The van der Waals surface area contributed by atoms with Crippen molar-refractivity contribution < 1.29 is 14.3 Å². The van der Waals surface area contributed by atoms with Crippen molar-refractivity contribution in [2.75, 3.05) is 11.9 Å². The Labute approximate surface area is 127 Å². The molecule has 0 saturated heterocycles. The summed E-state index contributed by atoms with van der Waals surface area (Å²) in [6.45, 7) is 10.6. The van der Waals surface area contributed by atoms with E-state index < -0.39 is 13.9 Å². The zero-order valence-electron chi connectivity index (χ0n) is 13.5. The normalized spacial score (nSPS) is 22.1. The fourth-order valence-electron chi connectivity index (χ4n) is 2.44. The molecule has 1 aromatic rings. The Hall–Kier alpha value is -1.17. The fourth-order valence-corrected chi connectivity index (χ4v) is 3.92. The van der Waals surface area contributed by atoms with Crippen LogP contribution in [0.15, 0.2) is 24.3 Å². The van der Waals surface area contributed by atoms with Gasteiger partial charge in [-0.05, 0) is 24.2 Å². The van der Waals surface area contributed by atoms with Gasteiger partial charge in [-0.2, -0.15) is 0 Å². The van der Waals surface area contributed by atoms with E-state index in [0.717, 1.165) is 11.3 Å². The molecule has 0 unspecified atom stereocenters. The number of para-hydroxylation sites is 1. The number of nitrogens with one attached hydrogen (secondary N) is 1. The fraction of sp³-hybridized carbons (Fsp3) is 0.562. The lowest BCUT2D eigenvalue weighted by Crippen LogP contribution is -2.51. The van der Waals surface area contributed by atoms with Crippen molar-refractivity contribution in [3.8, 4) is 0 Å². The average molecular weight is 307 g/mol. The SMILES string of the molecule is CC(C)(C)[Si](C)(C)O[C@]1(CCO)C(=O)Nc2ccccc21. The van der Waals surface area contributed by atoms with Gasteiger partial charge in [0.2, 0.25) is 0 Å². The van der Waals surface area contributed by atoms with Crippen LogP contribution in [0, 0.1) is 0 Å². The van der Waals surface area contributed by atoms with Crippen LogP contribution >= 0.6 is 0 Å². The smallest absolute Gasteiger partial charge is 0.260 e. The molecule has 116 valence electrons. The van der Waals surface area contributed by atoms with Crippen molar-refractivity contribution in [3.05, 3.63) is 29.8 Å². The minimum Gasteiger partial charge on any atom is -0.399 e. The number of rotatable bonds is 4. The molecule has 21 heavy (non-hydrogen) atoms. The second-order valence-corrected chi connectivity index (χ2v) is 11.9. The van der Waals surface area contributed by atoms with Crippen molar-refractivity contribution >= 4 is 19.9 Å². The first-order chi connectivity index (χ1) is 9.64. The zero-order chi connectivity index (χ0) is 15.9. The summed E-state index contributed by atoms with van der Waals surface area (Å²) in [6, 6.07) is 7.58. The third kappa shape index (κ3) is 2.65. The summed E-state index contributed by atoms with van der Waals surface area (Å²) in [4.78, 5) is 12.6. The van der Waals surface area contributed by atoms with Gasteiger partial charge in [-0.3, -0.25) is 4.79 Å². The Bertz CT molecular complexity index is 551. The molecule has 0 bridgehead atoms. The van der Waals surface area contributed by atoms with E-state index in [4.69, 9.17) is 4.43 Å². The topological polar surface area (TPSA) is 58.6 Å². The van der Waals surface area contributed by atoms with Gasteiger partial charge < -0.3 is 14.8 Å². The van der Waals surface area contributed by atoms with Crippen molar-refractivity contribution in [1.82, 2.24) is 0 Å². The van der Waals surface area contributed by atoms with Crippen molar-refractivity contribution in [2.45, 2.75) is 50.9 Å². The maximum atomic E-state index is 12.6. The summed E-state index contributed by atoms with van der Waals surface area (Å²) in [5, 5.41) is 12.4. The highest BCUT2D eigenvalue weighted by Gasteiger charge is 2.53. The van der Waals surface area contributed by atoms with Crippen molar-refractivity contribution in [3.63, 3.8) is 0 Å². The highest BCUT2D eigenvalue weighted by atomic mass is 28.4. The summed E-state index contributed by atoms with van der Waals surface area (Å²) in [6.07, 6.45) is 0.280. The molecular weight excluding hydrogens is 282 g/mol. The van der Waals surface area contributed by atoms with Crippen LogP contribution in [0.3, 0.4) is 0 Å². The van der Waals surface area contributed by atoms with Gasteiger partial charge in [0.25, 0.3) is 5.91 Å². The van der Waals surface area contributed by atoms with Gasteiger partial charge in [-0.1, -0.05) is 39.0 Å². The maximum Gasteiger partial charge on any atom is 0.260 e. The molecular formula is C16H25NO3Si. The third-order valence-corrected chi connectivity index (χ3v) is 9.15. The third-order valence-electron chi connectivity index (χ3n) is 4.68. The molecule has 2 rings (SSSR count). The quantitative estimate of drug-likeness (QED) is 0.840. The van der Waals surface area contributed by atoms with Crippen LogP contribution in [0.2, 0.25) is 18.1 Å². The average Bonchev–Trinajstić information content (AvgIpc) is 2.61. The molecule has 0 aromatic heterocycles. The van der Waals surface area contributed by atoms with Crippen molar-refractivity contribution in [1.29, 1.82) is 0 Å². The number of amides is 1. The Morgan fingerprint density at radius 1 is 1.29 bits per heavy atom. The van der Waals surface area contributed by atoms with Crippen LogP contribution in [0.5, 0.6) is 0 Å². The molecule has 1 amide bonds. The first-order valence-corrected chi connectivity index (χ1v) is 10.3. The van der Waals surface area contributed by atoms with Gasteiger partial charge in [0, 0.05) is 24.3 Å². The highest BCUT2D eigenvalue weighted by molar-refractivity contribution is 6.74. The monoisotopic (exact) mass is 307 g/mol. The van der Waals surface area contributed by atoms with Crippen LogP contribution in [0.25, 0.3) is 0 Å². The molecule has 2 N–H and O–H groups in total. The largest absolute Gasteiger partial charge is 0.399 e. The predicted octanol–water partition coefficient (Wildman–Crippen LogP) is 3.24. The van der Waals surface area contributed by atoms with E-state index in [1.165, 1.54) is 0 Å². The van der Waals surface area contributed by atoms with Gasteiger partial charge in [0.1, 0.15) is 0 Å². The van der Waals surface area contributed by atoms with E-state index in [0.29, 0.717) is 0 Å². The molecule has 0 radical (unpaired) electrons. The molecule has 5 heteroatoms. The molecule has 0 fully saturated rings. The predicted molar refractivity (Wildman–Crippen MR) is 86.7 cm³/mol. The Balaban J connectivity index is 2.50. The van der Waals surface area contributed by atoms with E-state index in [1.807, 2.05) is 24.3 Å². The molecule has 0 saturated carbocycles. The zero-order valence-corrected chi connectivity index (χ0v) is 14.5. The van der Waals surface area contributed by atoms with Gasteiger partial charge in [-0.15, -0.1) is 0 Å². The highest BCUT2D eigenvalue weighted by Crippen LogP contribution is 2.47. The maximum absolute atomic E-state index is 12.6. The number of anilines is 1. The summed E-state index contributed by atoms with van der Waals surface area (Å²) < 4.78 is 6.50. The molecule has 0 aliphatic carbocycles. The number of aliphatic hydroxyl groups is 1. The van der Waals surface area contributed by atoms with Crippen LogP contribution in [0.1, 0.15) is 32.8 Å². The Kier molecular flexibility index (Phi) is 4.03. The standard InChI is InChI=1S/C16H25NO3Si/c1-15(2,3)21(4,5)20-16(10-11-18)12-8-6-7-9-13(12)17-14(16)19/h6-9,18H,10-11H2,1-5H3,(H,17,19)/t16-/m0/s1. The number of benzene rings is 1. The van der Waals surface area contributed by atoms with E-state index in [9.17, 15) is 9.90 Å². The summed E-state index contributed by atoms with van der Waals surface area (Å²) in [5.74, 6) is -0.164. The van der Waals surface area contributed by atoms with Crippen LogP contribution in [-0.4, -0.2) is 25.9 Å². The Morgan fingerprint density at radius 2 is 1.90 bits per heavy atom. The second-order valence-electron chi connectivity index (χ2n) is 7.16. The van der Waals surface area contributed by atoms with E-state index in [-0.39, 0.29) is 24.0 Å². The van der Waals surface area contributed by atoms with E-state index >= 15 is 0 Å². The number of fused-ring (bicyclic) bond motifs is 1. The van der Waals surface area contributed by atoms with Crippen LogP contribution in [-0.2, 0) is 14.8 Å². The molecule has 1 aromatic carbocycles. The molecule has 1 heterocycles. The molecule has 4 nitrogen and oxygen atoms in total. The van der Waals surface area contributed by atoms with Gasteiger partial charge in [0.15, 0.2) is 13.9 Å². The lowest BCUT2D eigenvalue weighted by Gasteiger charge is -2.43. The molecule has 1 aliphatic rings. The summed E-state index contributed by atoms with van der Waals surface area (Å²) in [5.41, 5.74) is 0.567. The van der Waals surface area contributed by atoms with E-state index in [2.05, 4.69) is 39.2 Å². The lowest BCUT2D eigenvalue weighted by molar-refractivity contribution is -0.133. The second kappa shape index (κ2) is 5.23. The molecule has 0 spiro atoms. The van der Waals surface area contributed by atoms with Crippen LogP contribution in [0.4, 0.5) is 5.69 Å². The lowest BCUT2D eigenvalue weighted by atomic mass is 9.92. The van der Waals surface area contributed by atoms with Gasteiger partial charge in [-0.25, -0.2) is 0 Å². The number of aliphatic hydroxyl groups excluding tert-OH is 1. The minimum absolute atomic E-state index is 0.00668. The Morgan fingerprint density at radius 3 is 2.48 bits per heavy atom. The summed E-state index contributed by atoms with van der Waals surface area (Å²) >= 11 is 0. The summed E-state index contributed by atoms with van der Waals surface area (Å²) in [7, 11) is -2.16. The first kappa shape index (κ1) is 16.2. The van der Waals surface area contributed by atoms with Crippen molar-refractivity contribution in [2.24, 2.45) is 0 Å². The van der Waals surface area contributed by atoms with Gasteiger partial charge >= 0.3 is 0 Å². The van der Waals surface area contributed by atoms with Crippen LogP contribution < -0.4 is 5.32 Å². The number of hydrogen-bond donors (Lipinski definition) is 2. The molecule has 1 atom stereocenters. The number of hydrogen-bond acceptors (Lipinski definition) is 3. The first-order valence-electron chi connectivity index (χ1n) is 7.36. The molecule has 1 aliphatic heterocycles. The number of carbonyl (C=O) groups excluding carboxylic acids is 1.